The van der Waals surface area contributed by atoms with Gasteiger partial charge < -0.3 is 9.84 Å². The normalized spacial score (nSPS) is 12.0. The topological polar surface area (TPSA) is 75.6 Å². The van der Waals surface area contributed by atoms with Gasteiger partial charge >= 0.3 is 0 Å². The standard InChI is InChI=1S/C14H22ClNO4S/c1-11(2)10-20-7-3-6-16-21(18,19)14-8-12(9-17)4-5-13(14)15/h4-5,8,11,16-17H,3,6-7,9-10H2,1-2H3. The Balaban J connectivity index is 2.54. The first-order valence-corrected chi connectivity index (χ1v) is 8.69. The van der Waals surface area contributed by atoms with Crippen LogP contribution in [0.25, 0.3) is 0 Å². The van der Waals surface area contributed by atoms with Crippen molar-refractivity contribution in [3.63, 3.8) is 0 Å². The van der Waals surface area contributed by atoms with E-state index in [-0.39, 0.29) is 23.1 Å². The van der Waals surface area contributed by atoms with Gasteiger partial charge in [-0.2, -0.15) is 0 Å². The average Bonchev–Trinajstić information content (AvgIpc) is 2.42. The highest BCUT2D eigenvalue weighted by Crippen LogP contribution is 2.22. The highest BCUT2D eigenvalue weighted by molar-refractivity contribution is 7.89. The summed E-state index contributed by atoms with van der Waals surface area (Å²) in [6.07, 6.45) is 0.587. The lowest BCUT2D eigenvalue weighted by Gasteiger charge is -2.10. The van der Waals surface area contributed by atoms with Gasteiger partial charge in [0.2, 0.25) is 10.0 Å². The smallest absolute Gasteiger partial charge is 0.242 e. The number of benzene rings is 1. The summed E-state index contributed by atoms with van der Waals surface area (Å²) in [5.41, 5.74) is 0.500. The van der Waals surface area contributed by atoms with Crippen LogP contribution in [0.1, 0.15) is 25.8 Å². The van der Waals surface area contributed by atoms with Gasteiger partial charge in [-0.25, -0.2) is 13.1 Å². The minimum Gasteiger partial charge on any atom is -0.392 e. The molecule has 0 aliphatic heterocycles. The highest BCUT2D eigenvalue weighted by atomic mass is 35.5. The van der Waals surface area contributed by atoms with E-state index in [0.29, 0.717) is 31.1 Å². The molecule has 0 aliphatic carbocycles. The fraction of sp³-hybridized carbons (Fsp3) is 0.571. The molecule has 1 aromatic rings. The first kappa shape index (κ1) is 18.4. The number of hydrogen-bond acceptors (Lipinski definition) is 4. The summed E-state index contributed by atoms with van der Waals surface area (Å²) in [5, 5.41) is 9.20. The molecule has 5 nitrogen and oxygen atoms in total. The first-order valence-electron chi connectivity index (χ1n) is 6.83. The lowest BCUT2D eigenvalue weighted by atomic mass is 10.2. The summed E-state index contributed by atoms with van der Waals surface area (Å²) in [6.45, 7) is 5.32. The summed E-state index contributed by atoms with van der Waals surface area (Å²) in [5.74, 6) is 0.460. The number of halogens is 1. The molecule has 1 rings (SSSR count). The molecule has 0 heterocycles. The molecule has 0 fully saturated rings. The van der Waals surface area contributed by atoms with Gasteiger partial charge in [0.1, 0.15) is 4.90 Å². The third-order valence-electron chi connectivity index (χ3n) is 2.68. The highest BCUT2D eigenvalue weighted by Gasteiger charge is 2.17. The summed E-state index contributed by atoms with van der Waals surface area (Å²) < 4.78 is 32.2. The number of hydrogen-bond donors (Lipinski definition) is 2. The molecule has 0 aliphatic rings. The van der Waals surface area contributed by atoms with Crippen molar-refractivity contribution in [1.82, 2.24) is 4.72 Å². The van der Waals surface area contributed by atoms with Gasteiger partial charge in [0.15, 0.2) is 0 Å². The lowest BCUT2D eigenvalue weighted by molar-refractivity contribution is 0.108. The largest absolute Gasteiger partial charge is 0.392 e. The Morgan fingerprint density at radius 2 is 2.10 bits per heavy atom. The summed E-state index contributed by atoms with van der Waals surface area (Å²) >= 11 is 5.91. The van der Waals surface area contributed by atoms with E-state index >= 15 is 0 Å². The van der Waals surface area contributed by atoms with Crippen molar-refractivity contribution in [2.75, 3.05) is 19.8 Å². The van der Waals surface area contributed by atoms with Gasteiger partial charge in [0.05, 0.1) is 11.6 Å². The molecule has 0 bridgehead atoms. The second-order valence-corrected chi connectivity index (χ2v) is 7.29. The second-order valence-electron chi connectivity index (χ2n) is 5.14. The third-order valence-corrected chi connectivity index (χ3v) is 4.62. The number of aliphatic hydroxyl groups is 1. The molecule has 2 N–H and O–H groups in total. The van der Waals surface area contributed by atoms with Gasteiger partial charge in [-0.05, 0) is 30.0 Å². The van der Waals surface area contributed by atoms with Gasteiger partial charge in [-0.3, -0.25) is 0 Å². The van der Waals surface area contributed by atoms with Gasteiger partial charge in [-0.15, -0.1) is 0 Å². The SMILES string of the molecule is CC(C)COCCCNS(=O)(=O)c1cc(CO)ccc1Cl. The fourth-order valence-electron chi connectivity index (χ4n) is 1.63. The fourth-order valence-corrected chi connectivity index (χ4v) is 3.25. The van der Waals surface area contributed by atoms with Crippen molar-refractivity contribution >= 4 is 21.6 Å². The van der Waals surface area contributed by atoms with Crippen LogP contribution < -0.4 is 4.72 Å². The number of aliphatic hydroxyl groups excluding tert-OH is 1. The molecule has 21 heavy (non-hydrogen) atoms. The van der Waals surface area contributed by atoms with Crippen LogP contribution in [0.4, 0.5) is 0 Å². The van der Waals surface area contributed by atoms with Gasteiger partial charge in [-0.1, -0.05) is 31.5 Å². The Labute approximate surface area is 131 Å². The van der Waals surface area contributed by atoms with Crippen molar-refractivity contribution in [1.29, 1.82) is 0 Å². The van der Waals surface area contributed by atoms with E-state index in [0.717, 1.165) is 0 Å². The Morgan fingerprint density at radius 1 is 1.38 bits per heavy atom. The number of nitrogens with one attached hydrogen (secondary N) is 1. The Bertz CT molecular complexity index is 546. The van der Waals surface area contributed by atoms with E-state index in [1.807, 2.05) is 0 Å². The van der Waals surface area contributed by atoms with Crippen LogP contribution in [0.2, 0.25) is 5.02 Å². The maximum Gasteiger partial charge on any atom is 0.242 e. The zero-order valence-electron chi connectivity index (χ0n) is 12.3. The minimum atomic E-state index is -3.68. The molecule has 0 saturated carbocycles. The van der Waals surface area contributed by atoms with Crippen LogP contribution in [0.5, 0.6) is 0 Å². The molecule has 0 amide bonds. The summed E-state index contributed by atoms with van der Waals surface area (Å²) in [6, 6.07) is 4.43. The molecule has 0 atom stereocenters. The average molecular weight is 336 g/mol. The third kappa shape index (κ3) is 6.32. The van der Waals surface area contributed by atoms with Crippen molar-refractivity contribution in [2.24, 2.45) is 5.92 Å². The Hall–Kier alpha value is -0.660. The van der Waals surface area contributed by atoms with Crippen molar-refractivity contribution in [2.45, 2.75) is 31.8 Å². The Kier molecular flexibility index (Phi) is 7.62. The number of ether oxygens (including phenoxy) is 1. The molecule has 1 aromatic carbocycles. The maximum absolute atomic E-state index is 12.1. The van der Waals surface area contributed by atoms with E-state index in [1.54, 1.807) is 6.07 Å². The van der Waals surface area contributed by atoms with E-state index in [4.69, 9.17) is 21.4 Å². The van der Waals surface area contributed by atoms with Crippen LogP contribution in [-0.4, -0.2) is 33.3 Å². The second kappa shape index (κ2) is 8.70. The van der Waals surface area contributed by atoms with Crippen LogP contribution >= 0.6 is 11.6 Å². The predicted molar refractivity (Wildman–Crippen MR) is 82.8 cm³/mol. The van der Waals surface area contributed by atoms with E-state index in [9.17, 15) is 8.42 Å². The summed E-state index contributed by atoms with van der Waals surface area (Å²) in [4.78, 5) is -0.0150. The van der Waals surface area contributed by atoms with E-state index in [1.165, 1.54) is 12.1 Å². The van der Waals surface area contributed by atoms with Crippen LogP contribution in [-0.2, 0) is 21.4 Å². The first-order chi connectivity index (χ1) is 9.86. The lowest BCUT2D eigenvalue weighted by Crippen LogP contribution is -2.26. The molecule has 0 spiro atoms. The monoisotopic (exact) mass is 335 g/mol. The van der Waals surface area contributed by atoms with E-state index < -0.39 is 10.0 Å². The zero-order chi connectivity index (χ0) is 15.9. The number of rotatable bonds is 9. The molecule has 7 heteroatoms. The Morgan fingerprint density at radius 3 is 2.71 bits per heavy atom. The van der Waals surface area contributed by atoms with Crippen LogP contribution in [0, 0.1) is 5.92 Å². The zero-order valence-corrected chi connectivity index (χ0v) is 13.9. The maximum atomic E-state index is 12.1. The van der Waals surface area contributed by atoms with Crippen molar-refractivity contribution in [3.05, 3.63) is 28.8 Å². The molecule has 0 aromatic heterocycles. The van der Waals surface area contributed by atoms with E-state index in [2.05, 4.69) is 18.6 Å². The number of sulfonamides is 1. The van der Waals surface area contributed by atoms with Gasteiger partial charge in [0, 0.05) is 19.8 Å². The minimum absolute atomic E-state index is 0.0150. The molecular formula is C14H22ClNO4S. The molecule has 0 unspecified atom stereocenters. The van der Waals surface area contributed by atoms with Crippen LogP contribution in [0.15, 0.2) is 23.1 Å². The van der Waals surface area contributed by atoms with Crippen molar-refractivity contribution in [3.8, 4) is 0 Å². The molecule has 0 radical (unpaired) electrons. The van der Waals surface area contributed by atoms with Crippen molar-refractivity contribution < 1.29 is 18.3 Å². The molecular weight excluding hydrogens is 314 g/mol. The quantitative estimate of drug-likeness (QED) is 0.678. The molecule has 120 valence electrons. The molecule has 0 saturated heterocycles. The summed E-state index contributed by atoms with van der Waals surface area (Å²) in [7, 11) is -3.68. The van der Waals surface area contributed by atoms with Crippen LogP contribution in [0.3, 0.4) is 0 Å². The predicted octanol–water partition coefficient (Wildman–Crippen LogP) is 2.17. The van der Waals surface area contributed by atoms with Gasteiger partial charge in [0.25, 0.3) is 0 Å².